The molecule has 3 nitrogen and oxygen atoms in total. The van der Waals surface area contributed by atoms with Gasteiger partial charge in [-0.25, -0.2) is 0 Å². The van der Waals surface area contributed by atoms with Crippen molar-refractivity contribution in [2.45, 2.75) is 38.6 Å². The van der Waals surface area contributed by atoms with Gasteiger partial charge in [0.15, 0.2) is 0 Å². The lowest BCUT2D eigenvalue weighted by atomic mass is 9.92. The van der Waals surface area contributed by atoms with Gasteiger partial charge in [0.25, 0.3) is 0 Å². The molecule has 1 saturated heterocycles. The third kappa shape index (κ3) is 2.78. The van der Waals surface area contributed by atoms with Gasteiger partial charge >= 0.3 is 0 Å². The molecule has 0 unspecified atom stereocenters. The summed E-state index contributed by atoms with van der Waals surface area (Å²) < 4.78 is 0. The third-order valence-corrected chi connectivity index (χ3v) is 3.96. The van der Waals surface area contributed by atoms with Gasteiger partial charge in [-0.15, -0.1) is 0 Å². The lowest BCUT2D eigenvalue weighted by Crippen LogP contribution is -2.50. The monoisotopic (exact) mass is 233 g/mol. The van der Waals surface area contributed by atoms with E-state index in [-0.39, 0.29) is 5.54 Å². The molecule has 0 amide bonds. The highest BCUT2D eigenvalue weighted by molar-refractivity contribution is 5.44. The fourth-order valence-electron chi connectivity index (χ4n) is 2.61. The van der Waals surface area contributed by atoms with Gasteiger partial charge in [0, 0.05) is 24.8 Å². The van der Waals surface area contributed by atoms with Crippen LogP contribution in [0.5, 0.6) is 0 Å². The predicted molar refractivity (Wildman–Crippen MR) is 72.4 cm³/mol. The second kappa shape index (κ2) is 5.50. The molecular formula is C14H23N3. The molecule has 1 aromatic rings. The summed E-state index contributed by atoms with van der Waals surface area (Å²) in [5.41, 5.74) is 1.52. The van der Waals surface area contributed by atoms with E-state index < -0.39 is 0 Å². The van der Waals surface area contributed by atoms with Crippen molar-refractivity contribution in [3.8, 4) is 0 Å². The maximum atomic E-state index is 4.23. The van der Waals surface area contributed by atoms with E-state index in [0.29, 0.717) is 0 Å². The third-order valence-electron chi connectivity index (χ3n) is 3.96. The van der Waals surface area contributed by atoms with E-state index in [1.165, 1.54) is 24.9 Å². The Morgan fingerprint density at radius 3 is 2.88 bits per heavy atom. The first-order valence-electron chi connectivity index (χ1n) is 6.69. The highest BCUT2D eigenvalue weighted by Crippen LogP contribution is 2.23. The Hall–Kier alpha value is -1.09. The Bertz CT molecular complexity index is 333. The van der Waals surface area contributed by atoms with Crippen LogP contribution in [0.1, 0.15) is 33.1 Å². The highest BCUT2D eigenvalue weighted by Gasteiger charge is 2.30. The predicted octanol–water partition coefficient (Wildman–Crippen LogP) is 2.44. The summed E-state index contributed by atoms with van der Waals surface area (Å²) in [5, 5.41) is 3.73. The van der Waals surface area contributed by atoms with Crippen molar-refractivity contribution in [3.05, 3.63) is 24.5 Å². The number of hydrogen-bond donors (Lipinski definition) is 1. The second-order valence-electron chi connectivity index (χ2n) is 4.90. The van der Waals surface area contributed by atoms with E-state index in [4.69, 9.17) is 0 Å². The topological polar surface area (TPSA) is 28.2 Å². The van der Waals surface area contributed by atoms with Gasteiger partial charge in [-0.05, 0) is 37.9 Å². The van der Waals surface area contributed by atoms with Gasteiger partial charge < -0.3 is 10.2 Å². The van der Waals surface area contributed by atoms with Gasteiger partial charge in [-0.3, -0.25) is 4.98 Å². The maximum Gasteiger partial charge on any atom is 0.0553 e. The summed E-state index contributed by atoms with van der Waals surface area (Å²) in [5.74, 6) is 0. The number of nitrogens with one attached hydrogen (secondary N) is 1. The summed E-state index contributed by atoms with van der Waals surface area (Å²) in [4.78, 5) is 6.70. The Balaban J connectivity index is 2.18. The molecule has 0 bridgehead atoms. The molecule has 0 aromatic carbocycles. The molecule has 2 heterocycles. The van der Waals surface area contributed by atoms with Crippen LogP contribution < -0.4 is 10.2 Å². The average molecular weight is 233 g/mol. The first kappa shape index (κ1) is 12.4. The van der Waals surface area contributed by atoms with Crippen LogP contribution in [0.4, 0.5) is 5.69 Å². The number of nitrogens with zero attached hydrogens (tertiary/aromatic N) is 2. The van der Waals surface area contributed by atoms with Crippen molar-refractivity contribution < 1.29 is 0 Å². The first-order chi connectivity index (χ1) is 8.29. The SMILES string of the molecule is CCC1(CC)CN(c2cccnc2)CCCN1. The second-order valence-corrected chi connectivity index (χ2v) is 4.90. The molecule has 1 aliphatic rings. The largest absolute Gasteiger partial charge is 0.368 e. The quantitative estimate of drug-likeness (QED) is 0.869. The lowest BCUT2D eigenvalue weighted by molar-refractivity contribution is 0.321. The van der Waals surface area contributed by atoms with E-state index in [9.17, 15) is 0 Å². The summed E-state index contributed by atoms with van der Waals surface area (Å²) in [7, 11) is 0. The van der Waals surface area contributed by atoms with E-state index in [2.05, 4.69) is 35.1 Å². The number of pyridine rings is 1. The van der Waals surface area contributed by atoms with Crippen molar-refractivity contribution in [2.75, 3.05) is 24.5 Å². The molecule has 0 radical (unpaired) electrons. The zero-order valence-electron chi connectivity index (χ0n) is 10.9. The molecular weight excluding hydrogens is 210 g/mol. The summed E-state index contributed by atoms with van der Waals surface area (Å²) in [6.07, 6.45) is 7.38. The minimum absolute atomic E-state index is 0.270. The number of hydrogen-bond acceptors (Lipinski definition) is 3. The Morgan fingerprint density at radius 1 is 1.41 bits per heavy atom. The van der Waals surface area contributed by atoms with Crippen LogP contribution in [-0.2, 0) is 0 Å². The molecule has 0 spiro atoms. The Kier molecular flexibility index (Phi) is 4.00. The van der Waals surface area contributed by atoms with Gasteiger partial charge in [-0.2, -0.15) is 0 Å². The zero-order valence-corrected chi connectivity index (χ0v) is 10.9. The van der Waals surface area contributed by atoms with Gasteiger partial charge in [0.2, 0.25) is 0 Å². The molecule has 1 aromatic heterocycles. The van der Waals surface area contributed by atoms with E-state index in [0.717, 1.165) is 19.6 Å². The van der Waals surface area contributed by atoms with Gasteiger partial charge in [0.1, 0.15) is 0 Å². The minimum Gasteiger partial charge on any atom is -0.368 e. The van der Waals surface area contributed by atoms with E-state index in [1.54, 1.807) is 0 Å². The Labute approximate surface area is 104 Å². The average Bonchev–Trinajstić information content (AvgIpc) is 2.63. The standard InChI is InChI=1S/C14H23N3/c1-3-14(4-2)12-17(10-6-9-16-14)13-7-5-8-15-11-13/h5,7-8,11,16H,3-4,6,9-10,12H2,1-2H3. The molecule has 0 atom stereocenters. The molecule has 94 valence electrons. The van der Waals surface area contributed by atoms with Crippen LogP contribution in [0, 0.1) is 0 Å². The zero-order chi connectivity index (χ0) is 12.1. The molecule has 1 N–H and O–H groups in total. The van der Waals surface area contributed by atoms with Crippen LogP contribution in [0.2, 0.25) is 0 Å². The molecule has 1 aliphatic heterocycles. The molecule has 3 heteroatoms. The molecule has 0 aliphatic carbocycles. The van der Waals surface area contributed by atoms with E-state index in [1.807, 2.05) is 18.5 Å². The van der Waals surface area contributed by atoms with E-state index >= 15 is 0 Å². The fraction of sp³-hybridized carbons (Fsp3) is 0.643. The van der Waals surface area contributed by atoms with Crippen LogP contribution in [0.3, 0.4) is 0 Å². The number of aromatic nitrogens is 1. The summed E-state index contributed by atoms with van der Waals surface area (Å²) in [6.45, 7) is 7.90. The summed E-state index contributed by atoms with van der Waals surface area (Å²) in [6, 6.07) is 4.18. The van der Waals surface area contributed by atoms with Crippen molar-refractivity contribution in [1.82, 2.24) is 10.3 Å². The number of anilines is 1. The van der Waals surface area contributed by atoms with Crippen LogP contribution in [0.15, 0.2) is 24.5 Å². The van der Waals surface area contributed by atoms with Crippen molar-refractivity contribution in [3.63, 3.8) is 0 Å². The van der Waals surface area contributed by atoms with Crippen molar-refractivity contribution >= 4 is 5.69 Å². The summed E-state index contributed by atoms with van der Waals surface area (Å²) >= 11 is 0. The number of rotatable bonds is 3. The Morgan fingerprint density at radius 2 is 2.24 bits per heavy atom. The van der Waals surface area contributed by atoms with Crippen LogP contribution in [0.25, 0.3) is 0 Å². The maximum absolute atomic E-state index is 4.23. The lowest BCUT2D eigenvalue weighted by Gasteiger charge is -2.36. The fourth-order valence-corrected chi connectivity index (χ4v) is 2.61. The van der Waals surface area contributed by atoms with Crippen LogP contribution >= 0.6 is 0 Å². The first-order valence-corrected chi connectivity index (χ1v) is 6.69. The normalized spacial score (nSPS) is 20.0. The molecule has 1 fully saturated rings. The van der Waals surface area contributed by atoms with Gasteiger partial charge in [0.05, 0.1) is 11.9 Å². The minimum atomic E-state index is 0.270. The van der Waals surface area contributed by atoms with Crippen molar-refractivity contribution in [2.24, 2.45) is 0 Å². The highest BCUT2D eigenvalue weighted by atomic mass is 15.2. The van der Waals surface area contributed by atoms with Crippen LogP contribution in [-0.4, -0.2) is 30.2 Å². The molecule has 0 saturated carbocycles. The molecule has 17 heavy (non-hydrogen) atoms. The van der Waals surface area contributed by atoms with Crippen molar-refractivity contribution in [1.29, 1.82) is 0 Å². The smallest absolute Gasteiger partial charge is 0.0553 e. The molecule has 2 rings (SSSR count). The van der Waals surface area contributed by atoms with Gasteiger partial charge in [-0.1, -0.05) is 13.8 Å².